The first-order chi connectivity index (χ1) is 63.7. The highest BCUT2D eigenvalue weighted by molar-refractivity contribution is 9.10. The first-order valence-electron chi connectivity index (χ1n) is 45.1. The van der Waals surface area contributed by atoms with Gasteiger partial charge in [0.25, 0.3) is 23.6 Å². The first kappa shape index (κ1) is 106. The number of ether oxygens (including phenoxy) is 4. The van der Waals surface area contributed by atoms with Gasteiger partial charge in [0, 0.05) is 88.7 Å². The molecule has 8 aliphatic heterocycles. The van der Waals surface area contributed by atoms with Crippen molar-refractivity contribution < 1.29 is 90.9 Å². The van der Waals surface area contributed by atoms with Crippen molar-refractivity contribution in [3.8, 4) is 48.1 Å². The van der Waals surface area contributed by atoms with Gasteiger partial charge >= 0.3 is 24.4 Å². The lowest BCUT2D eigenvalue weighted by atomic mass is 10.0. The Morgan fingerprint density at radius 2 is 0.794 bits per heavy atom. The van der Waals surface area contributed by atoms with Crippen LogP contribution in [0.15, 0.2) is 65.8 Å². The van der Waals surface area contributed by atoms with E-state index in [9.17, 15) is 71.9 Å². The Morgan fingerprint density at radius 3 is 1.14 bits per heavy atom. The molecule has 0 aliphatic carbocycles. The highest BCUT2D eigenvalue weighted by Gasteiger charge is 2.48. The van der Waals surface area contributed by atoms with Gasteiger partial charge in [-0.2, -0.15) is 20.4 Å². The fourth-order valence-corrected chi connectivity index (χ4v) is 16.6. The van der Waals surface area contributed by atoms with E-state index in [1.54, 1.807) is 71.8 Å². The molecule has 0 bridgehead atoms. The van der Waals surface area contributed by atoms with Crippen LogP contribution >= 0.6 is 15.9 Å². The van der Waals surface area contributed by atoms with Crippen molar-refractivity contribution in [3.63, 3.8) is 0 Å². The molecule has 726 valence electrons. The maximum absolute atomic E-state index is 13.4. The maximum atomic E-state index is 13.4. The standard InChI is InChI=1S/C29H32N6O6.C19H29N3O3Si.C16H21N3O3.C14H20BrN3O3.C13H11N3O4.C5H10Si/c1-5-21-17(16-31-35(21)18-11-13-33(14-12-18)28(40)41-29(2,3)4)15-30-20-8-6-7-19-24(20)27(39)34(26(19)38)22-9-10-23(36)32-25(22)37;1-19(2,3)25-18(24)21-10-7-16(8-11-21)22-17(9-12-26(4,5)6)15(14-23)13-20-22;1-5-14-12(11-20)10-17-19(14)13-6-8-18(9-7-13)15(21)22-16(2,3)4;1-14(2,3)21-13(20)17-6-4-11(5-7-17)18-12(15)10(9-19)8-16-18;14-7-3-1-2-6-10(7)13(20)16(12(6)19)8-4-5-9(17)15-11(8)18;1-5-6(2,3)4/h1,6-8,16,18,22,30H,9-15H2,2-4H3,(H,32,36,37);13-14,16H,7-8,10-11H2,1-6H3;1,10-11,13H,6-9H2,2-4H3;8-9,11H,4-7H2,1-3H3;1-3,8H,4-5,14H2,(H,15,17,18);1H,2-4H3. The molecule has 0 spiro atoms. The van der Waals surface area contributed by atoms with E-state index in [0.717, 1.165) is 66.5 Å². The number of carbonyl (C=O) groups is 15. The van der Waals surface area contributed by atoms with Crippen LogP contribution < -0.4 is 21.7 Å². The fourth-order valence-electron chi connectivity index (χ4n) is 15.5. The summed E-state index contributed by atoms with van der Waals surface area (Å²) >= 11 is 3.39. The molecule has 2 atom stereocenters. The van der Waals surface area contributed by atoms with E-state index in [2.05, 4.69) is 120 Å². The molecule has 6 aromatic rings. The zero-order valence-electron chi connectivity index (χ0n) is 80.5. The number of piperidine rings is 6. The summed E-state index contributed by atoms with van der Waals surface area (Å²) < 4.78 is 29.6. The monoisotopic (exact) mass is 1970 g/mol. The molecule has 6 saturated heterocycles. The van der Waals surface area contributed by atoms with E-state index in [1.165, 1.54) is 18.3 Å². The summed E-state index contributed by atoms with van der Waals surface area (Å²) in [6.07, 6.45) is 30.2. The quantitative estimate of drug-likeness (QED) is 0.0221. The third-order valence-corrected chi connectivity index (χ3v) is 24.8. The number of nitrogens with zero attached hydrogens (tertiary/aromatic N) is 14. The average Bonchev–Trinajstić information content (AvgIpc) is 1.60. The number of terminal acetylenes is 3. The Hall–Kier alpha value is -13.3. The molecule has 0 radical (unpaired) electrons. The van der Waals surface area contributed by atoms with Gasteiger partial charge in [-0.1, -0.05) is 63.3 Å². The highest BCUT2D eigenvalue weighted by atomic mass is 79.9. The lowest BCUT2D eigenvalue weighted by molar-refractivity contribution is -0.137. The van der Waals surface area contributed by atoms with Crippen LogP contribution in [-0.4, -0.2) is 262 Å². The number of imide groups is 4. The summed E-state index contributed by atoms with van der Waals surface area (Å²) in [5.41, 5.74) is 15.1. The van der Waals surface area contributed by atoms with Crippen LogP contribution in [0.5, 0.6) is 0 Å². The molecule has 4 aromatic heterocycles. The lowest BCUT2D eigenvalue weighted by Crippen LogP contribution is -2.54. The molecule has 0 saturated carbocycles. The number of nitrogens with one attached hydrogen (secondary N) is 3. The van der Waals surface area contributed by atoms with Crippen LogP contribution in [0, 0.1) is 48.1 Å². The second-order valence-corrected chi connectivity index (χ2v) is 50.0. The van der Waals surface area contributed by atoms with E-state index in [4.69, 9.17) is 44.0 Å². The normalized spacial score (nSPS) is 17.9. The minimum Gasteiger partial charge on any atom is -0.444 e. The molecule has 5 N–H and O–H groups in total. The third-order valence-electron chi connectivity index (χ3n) is 22.2. The number of rotatable bonds is 12. The summed E-state index contributed by atoms with van der Waals surface area (Å²) in [7, 11) is -2.66. The number of nitrogen functional groups attached to an aromatic ring is 1. The van der Waals surface area contributed by atoms with Crippen LogP contribution in [0.1, 0.15) is 279 Å². The van der Waals surface area contributed by atoms with Crippen LogP contribution in [0.2, 0.25) is 39.3 Å². The van der Waals surface area contributed by atoms with Gasteiger partial charge in [0.05, 0.1) is 87.9 Å². The fraction of sp³-hybridized carbons (Fsp3) is 0.510. The van der Waals surface area contributed by atoms with Crippen LogP contribution in [0.3, 0.4) is 0 Å². The molecule has 12 amide bonds. The third kappa shape index (κ3) is 28.0. The van der Waals surface area contributed by atoms with Crippen molar-refractivity contribution in [1.29, 1.82) is 0 Å². The smallest absolute Gasteiger partial charge is 0.410 e. The molecule has 8 aliphatic rings. The Morgan fingerprint density at radius 1 is 0.463 bits per heavy atom. The molecule has 37 nitrogen and oxygen atoms in total. The molecule has 6 fully saturated rings. The molecule has 12 heterocycles. The molecule has 2 unspecified atom stereocenters. The van der Waals surface area contributed by atoms with E-state index in [-0.39, 0.29) is 109 Å². The second-order valence-electron chi connectivity index (χ2n) is 39.7. The van der Waals surface area contributed by atoms with Gasteiger partial charge in [0.1, 0.15) is 72.3 Å². The summed E-state index contributed by atoms with van der Waals surface area (Å²) in [6, 6.07) is 7.91. The summed E-state index contributed by atoms with van der Waals surface area (Å²) in [6.45, 7) is 40.1. The van der Waals surface area contributed by atoms with E-state index in [0.29, 0.717) is 116 Å². The van der Waals surface area contributed by atoms with E-state index in [1.807, 2.05) is 92.4 Å². The van der Waals surface area contributed by atoms with E-state index < -0.39 is 97.9 Å². The number of fused-ring (bicyclic) bond motifs is 2. The van der Waals surface area contributed by atoms with Gasteiger partial charge in [-0.15, -0.1) is 30.4 Å². The largest absolute Gasteiger partial charge is 0.444 e. The first-order valence-corrected chi connectivity index (χ1v) is 52.9. The topological polar surface area (TPSA) is 446 Å². The van der Waals surface area contributed by atoms with Crippen molar-refractivity contribution in [3.05, 3.63) is 127 Å². The maximum Gasteiger partial charge on any atom is 0.410 e. The Bertz CT molecular complexity index is 5730. The summed E-state index contributed by atoms with van der Waals surface area (Å²) in [5.74, 6) is 4.02. The minimum atomic E-state index is -1.56. The van der Waals surface area contributed by atoms with Crippen molar-refractivity contribution in [2.24, 2.45) is 0 Å². The van der Waals surface area contributed by atoms with Gasteiger partial charge in [0.2, 0.25) is 23.6 Å². The number of nitrogens with two attached hydrogens (primary N) is 1. The van der Waals surface area contributed by atoms with Gasteiger partial charge in [-0.3, -0.25) is 91.9 Å². The number of anilines is 2. The summed E-state index contributed by atoms with van der Waals surface area (Å²) in [5, 5.41) is 25.0. The number of aldehydes is 3. The number of aromatic nitrogens is 8. The van der Waals surface area contributed by atoms with Crippen molar-refractivity contribution in [1.82, 2.24) is 79.2 Å². The predicted molar refractivity (Wildman–Crippen MR) is 513 cm³/mol. The molecule has 40 heteroatoms. The second kappa shape index (κ2) is 44.9. The Balaban J connectivity index is 0.000000193. The lowest BCUT2D eigenvalue weighted by Gasteiger charge is -2.33. The Kier molecular flexibility index (Phi) is 35.1. The van der Waals surface area contributed by atoms with Crippen LogP contribution in [-0.2, 0) is 44.7 Å². The SMILES string of the molecule is C#C[Si](C)(C)C.C#Cc1c(C=O)cnn1C1CCN(C(=O)OC(C)(C)C)CC1.C#Cc1c(CNc2cccc3c2C(=O)N(C2CCC(=O)NC2=O)C3=O)cnn1C1CCN(C(=O)OC(C)(C)C)CC1.CC(C)(C)OC(=O)N1CCC(n2ncc(C=O)c2Br)CC1.CC(C)(C)OC(=O)N1CCC(n2ncc(C=O)c2C#C[Si](C)(C)C)CC1.Nc1cccc2c1C(=O)N(C1CCC(=O)NC1=O)C2=O. The van der Waals surface area contributed by atoms with Gasteiger partial charge in [0.15, 0.2) is 18.9 Å². The zero-order chi connectivity index (χ0) is 101. The Labute approximate surface area is 802 Å². The molecular formula is C96H123BrN18O19Si2. The summed E-state index contributed by atoms with van der Waals surface area (Å²) in [4.78, 5) is 188. The van der Waals surface area contributed by atoms with E-state index >= 15 is 0 Å². The molecule has 136 heavy (non-hydrogen) atoms. The predicted octanol–water partition coefficient (Wildman–Crippen LogP) is 12.4. The highest BCUT2D eigenvalue weighted by Crippen LogP contribution is 2.37. The number of hydrogen-bond donors (Lipinski definition) is 4. The number of halogens is 1. The van der Waals surface area contributed by atoms with Crippen LogP contribution in [0.25, 0.3) is 0 Å². The number of benzene rings is 2. The van der Waals surface area contributed by atoms with Crippen LogP contribution in [0.4, 0.5) is 30.6 Å². The minimum absolute atomic E-state index is 0.00994. The number of likely N-dealkylation sites (tertiary alicyclic amines) is 4. The number of amides is 12. The molecular weight excluding hydrogens is 1850 g/mol. The average molecular weight is 1970 g/mol. The molecule has 14 rings (SSSR count). The van der Waals surface area contributed by atoms with Gasteiger partial charge in [-0.25, -0.2) is 19.2 Å². The van der Waals surface area contributed by atoms with Gasteiger partial charge < -0.3 is 49.6 Å². The van der Waals surface area contributed by atoms with Crippen molar-refractivity contribution in [2.45, 2.75) is 265 Å². The molecule has 2 aromatic carbocycles. The van der Waals surface area contributed by atoms with Crippen molar-refractivity contribution >= 4 is 134 Å². The zero-order valence-corrected chi connectivity index (χ0v) is 84.1. The van der Waals surface area contributed by atoms with Gasteiger partial charge in [-0.05, 0) is 193 Å². The number of hydrogen-bond acceptors (Lipinski definition) is 25. The number of carbonyl (C=O) groups excluding carboxylic acids is 15. The van der Waals surface area contributed by atoms with Crippen molar-refractivity contribution in [2.75, 3.05) is 63.4 Å².